The maximum absolute atomic E-state index is 12.4. The summed E-state index contributed by atoms with van der Waals surface area (Å²) < 4.78 is 1.69. The Balaban J connectivity index is 1.46. The second-order valence-electron chi connectivity index (χ2n) is 6.38. The minimum Gasteiger partial charge on any atom is -0.326 e. The molecule has 0 radical (unpaired) electrons. The van der Waals surface area contributed by atoms with Crippen molar-refractivity contribution in [3.05, 3.63) is 75.3 Å². The third-order valence-electron chi connectivity index (χ3n) is 4.37. The number of benzene rings is 2. The van der Waals surface area contributed by atoms with Crippen LogP contribution < -0.4 is 10.7 Å². The zero-order valence-electron chi connectivity index (χ0n) is 15.3. The molecular weight excluding hydrogens is 372 g/mol. The summed E-state index contributed by atoms with van der Waals surface area (Å²) in [6, 6.07) is 14.9. The van der Waals surface area contributed by atoms with Crippen molar-refractivity contribution < 1.29 is 4.79 Å². The van der Waals surface area contributed by atoms with E-state index < -0.39 is 0 Å². The third-order valence-corrected chi connectivity index (χ3v) is 5.15. The number of aryl methyl sites for hydroxylation is 2. The Labute approximate surface area is 165 Å². The van der Waals surface area contributed by atoms with E-state index in [0.717, 1.165) is 27.5 Å². The number of hydrogen-bond acceptors (Lipinski definition) is 5. The molecule has 2 aromatic heterocycles. The number of amides is 1. The van der Waals surface area contributed by atoms with Gasteiger partial charge in [-0.05, 0) is 31.2 Å². The minimum absolute atomic E-state index is 0.115. The Morgan fingerprint density at radius 3 is 2.86 bits per heavy atom. The largest absolute Gasteiger partial charge is 0.326 e. The lowest BCUT2D eigenvalue weighted by Gasteiger charge is -2.10. The molecule has 0 aliphatic heterocycles. The zero-order chi connectivity index (χ0) is 19.5. The number of nitrogens with zero attached hydrogens (tertiary/aromatic N) is 3. The lowest BCUT2D eigenvalue weighted by molar-refractivity contribution is -0.116. The number of fused-ring (bicyclic) bond motifs is 1. The number of aromatic nitrogens is 3. The van der Waals surface area contributed by atoms with Crippen LogP contribution in [-0.2, 0) is 11.3 Å². The molecule has 140 valence electrons. The van der Waals surface area contributed by atoms with Crippen molar-refractivity contribution in [1.29, 1.82) is 0 Å². The van der Waals surface area contributed by atoms with Gasteiger partial charge in [-0.1, -0.05) is 24.3 Å². The van der Waals surface area contributed by atoms with Gasteiger partial charge in [-0.3, -0.25) is 14.3 Å². The first-order valence-electron chi connectivity index (χ1n) is 8.87. The average Bonchev–Trinajstić information content (AvgIpc) is 3.14. The maximum Gasteiger partial charge on any atom is 0.226 e. The predicted molar refractivity (Wildman–Crippen MR) is 112 cm³/mol. The highest BCUT2D eigenvalue weighted by Gasteiger charge is 2.08. The maximum atomic E-state index is 12.4. The lowest BCUT2D eigenvalue weighted by atomic mass is 10.1. The quantitative estimate of drug-likeness (QED) is 0.561. The van der Waals surface area contributed by atoms with Crippen LogP contribution in [0.3, 0.4) is 0 Å². The smallest absolute Gasteiger partial charge is 0.226 e. The van der Waals surface area contributed by atoms with Gasteiger partial charge in [0, 0.05) is 28.4 Å². The van der Waals surface area contributed by atoms with Crippen LogP contribution in [0.2, 0.25) is 0 Å². The molecule has 1 N–H and O–H groups in total. The number of carbonyl (C=O) groups is 1. The summed E-state index contributed by atoms with van der Waals surface area (Å²) in [7, 11) is 0. The topological polar surface area (TPSA) is 76.9 Å². The van der Waals surface area contributed by atoms with E-state index in [2.05, 4.69) is 15.4 Å². The third kappa shape index (κ3) is 3.84. The van der Waals surface area contributed by atoms with Crippen molar-refractivity contribution in [2.45, 2.75) is 19.9 Å². The molecule has 0 aliphatic carbocycles. The van der Waals surface area contributed by atoms with E-state index in [9.17, 15) is 9.59 Å². The average molecular weight is 390 g/mol. The highest BCUT2D eigenvalue weighted by atomic mass is 32.1. The van der Waals surface area contributed by atoms with Gasteiger partial charge in [-0.2, -0.15) is 5.10 Å². The molecule has 0 fully saturated rings. The molecule has 2 heterocycles. The van der Waals surface area contributed by atoms with Crippen LogP contribution in [0.1, 0.15) is 11.4 Å². The van der Waals surface area contributed by atoms with Gasteiger partial charge in [0.15, 0.2) is 0 Å². The summed E-state index contributed by atoms with van der Waals surface area (Å²) in [6.45, 7) is 2.35. The van der Waals surface area contributed by atoms with Crippen molar-refractivity contribution in [3.63, 3.8) is 0 Å². The first kappa shape index (κ1) is 18.1. The molecule has 4 rings (SSSR count). The molecular formula is C21H18N4O2S. The molecule has 0 saturated carbocycles. The summed E-state index contributed by atoms with van der Waals surface area (Å²) in [5.41, 5.74) is 3.21. The van der Waals surface area contributed by atoms with E-state index in [1.165, 1.54) is 6.20 Å². The molecule has 4 aromatic rings. The molecule has 6 nitrogen and oxygen atoms in total. The van der Waals surface area contributed by atoms with E-state index in [1.54, 1.807) is 22.1 Å². The Kier molecular flexibility index (Phi) is 4.99. The molecule has 0 aliphatic rings. The first-order chi connectivity index (χ1) is 13.6. The van der Waals surface area contributed by atoms with Crippen LogP contribution in [0, 0.1) is 6.92 Å². The van der Waals surface area contributed by atoms with Crippen LogP contribution >= 0.6 is 11.3 Å². The molecule has 0 atom stereocenters. The van der Waals surface area contributed by atoms with Crippen molar-refractivity contribution in [3.8, 4) is 11.3 Å². The summed E-state index contributed by atoms with van der Waals surface area (Å²) in [5.74, 6) is -0.115. The van der Waals surface area contributed by atoms with Crippen molar-refractivity contribution >= 4 is 33.8 Å². The monoisotopic (exact) mass is 390 g/mol. The van der Waals surface area contributed by atoms with Crippen molar-refractivity contribution in [1.82, 2.24) is 14.8 Å². The Hall–Kier alpha value is -3.32. The van der Waals surface area contributed by atoms with Gasteiger partial charge in [-0.15, -0.1) is 11.3 Å². The molecule has 0 unspecified atom stereocenters. The Bertz CT molecular complexity index is 1210. The second kappa shape index (κ2) is 7.74. The molecule has 7 heteroatoms. The lowest BCUT2D eigenvalue weighted by Crippen LogP contribution is -2.18. The fourth-order valence-corrected chi connectivity index (χ4v) is 3.64. The molecule has 1 amide bonds. The van der Waals surface area contributed by atoms with Gasteiger partial charge in [-0.25, -0.2) is 4.98 Å². The normalized spacial score (nSPS) is 10.9. The van der Waals surface area contributed by atoms with Crippen LogP contribution in [0.5, 0.6) is 0 Å². The van der Waals surface area contributed by atoms with Crippen LogP contribution in [0.4, 0.5) is 5.69 Å². The number of hydrogen-bond donors (Lipinski definition) is 1. The summed E-state index contributed by atoms with van der Waals surface area (Å²) in [6.07, 6.45) is 1.54. The second-order valence-corrected chi connectivity index (χ2v) is 7.44. The number of rotatable bonds is 5. The summed E-state index contributed by atoms with van der Waals surface area (Å²) >= 11 is 1.60. The van der Waals surface area contributed by atoms with E-state index in [-0.39, 0.29) is 17.8 Å². The van der Waals surface area contributed by atoms with Crippen molar-refractivity contribution in [2.75, 3.05) is 5.32 Å². The first-order valence-corrected chi connectivity index (χ1v) is 9.75. The number of para-hydroxylation sites is 1. The van der Waals surface area contributed by atoms with Crippen LogP contribution in [0.15, 0.2) is 64.9 Å². The summed E-state index contributed by atoms with van der Waals surface area (Å²) in [4.78, 5) is 28.8. The number of anilines is 1. The minimum atomic E-state index is -0.120. The standard InChI is InChI=1S/C21H18N4O2S/c1-14-23-18(13-28-14)15-5-4-6-16(11-15)24-21(27)9-10-25-19-8-3-2-7-17(19)20(26)12-22-25/h2-8,11-13H,9-10H2,1H3,(H,24,27). The van der Waals surface area contributed by atoms with E-state index >= 15 is 0 Å². The molecule has 0 saturated heterocycles. The number of nitrogens with one attached hydrogen (secondary N) is 1. The van der Waals surface area contributed by atoms with Gasteiger partial charge in [0.05, 0.1) is 29.0 Å². The van der Waals surface area contributed by atoms with E-state index in [4.69, 9.17) is 0 Å². The van der Waals surface area contributed by atoms with Crippen molar-refractivity contribution in [2.24, 2.45) is 0 Å². The van der Waals surface area contributed by atoms with Gasteiger partial charge in [0.1, 0.15) is 0 Å². The SMILES string of the molecule is Cc1nc(-c2cccc(NC(=O)CCn3ncc(=O)c4ccccc43)c2)cs1. The Morgan fingerprint density at radius 2 is 2.04 bits per heavy atom. The fraction of sp³-hybridized carbons (Fsp3) is 0.143. The van der Waals surface area contributed by atoms with Gasteiger partial charge in [0.25, 0.3) is 0 Å². The fourth-order valence-electron chi connectivity index (χ4n) is 3.02. The van der Waals surface area contributed by atoms with Gasteiger partial charge in [0.2, 0.25) is 11.3 Å². The molecule has 0 bridgehead atoms. The van der Waals surface area contributed by atoms with E-state index in [0.29, 0.717) is 11.9 Å². The van der Waals surface area contributed by atoms with Gasteiger partial charge >= 0.3 is 0 Å². The highest BCUT2D eigenvalue weighted by molar-refractivity contribution is 7.09. The number of thiazole rings is 1. The predicted octanol–water partition coefficient (Wildman–Crippen LogP) is 3.86. The van der Waals surface area contributed by atoms with Crippen LogP contribution in [-0.4, -0.2) is 20.7 Å². The van der Waals surface area contributed by atoms with E-state index in [1.807, 2.05) is 54.8 Å². The molecule has 2 aromatic carbocycles. The molecule has 28 heavy (non-hydrogen) atoms. The summed E-state index contributed by atoms with van der Waals surface area (Å²) in [5, 5.41) is 10.7. The Morgan fingerprint density at radius 1 is 1.18 bits per heavy atom. The zero-order valence-corrected chi connectivity index (χ0v) is 16.1. The molecule has 0 spiro atoms. The highest BCUT2D eigenvalue weighted by Crippen LogP contribution is 2.24. The van der Waals surface area contributed by atoms with Gasteiger partial charge < -0.3 is 5.32 Å². The van der Waals surface area contributed by atoms with Crippen LogP contribution in [0.25, 0.3) is 22.2 Å². The number of carbonyl (C=O) groups excluding carboxylic acids is 1.